The molecule has 3 aromatic heterocycles. The number of nitrogens with zero attached hydrogens (tertiary/aromatic N) is 3. The van der Waals surface area contributed by atoms with Gasteiger partial charge in [-0.05, 0) is 37.7 Å². The second-order valence-electron chi connectivity index (χ2n) is 8.74. The fraction of sp³-hybridized carbons (Fsp3) is 0.458. The lowest BCUT2D eigenvalue weighted by molar-refractivity contribution is 0.170. The summed E-state index contributed by atoms with van der Waals surface area (Å²) in [6, 6.07) is 5.45. The van der Waals surface area contributed by atoms with E-state index in [0.29, 0.717) is 60.7 Å². The number of ether oxygens (including phenoxy) is 2. The van der Waals surface area contributed by atoms with Gasteiger partial charge in [-0.1, -0.05) is 0 Å². The summed E-state index contributed by atoms with van der Waals surface area (Å²) in [7, 11) is 1.64. The average Bonchev–Trinajstić information content (AvgIpc) is 2.85. The fourth-order valence-electron chi connectivity index (χ4n) is 4.65. The predicted octanol–water partition coefficient (Wildman–Crippen LogP) is 3.42. The number of halogens is 2. The molecule has 2 N–H and O–H groups in total. The molecule has 2 aliphatic rings. The standard InChI is InChI=1S/C24H28FN5O3.ClH/c1-30-22(31)7-6-19-24(30)23(18(25)13-28-19)29-11-15-2-4-16(5-3-15)26-12-17-10-20-21(14-27-17)33-9-8-32-20;/h6-7,10,13-16,26H,2-5,8-9,11-12H2,1H3,(H,28,29);1H. The van der Waals surface area contributed by atoms with E-state index in [1.807, 2.05) is 6.07 Å². The zero-order valence-corrected chi connectivity index (χ0v) is 19.9. The number of fused-ring (bicyclic) bond motifs is 2. The summed E-state index contributed by atoms with van der Waals surface area (Å²) in [5, 5.41) is 6.86. The van der Waals surface area contributed by atoms with Gasteiger partial charge in [0.15, 0.2) is 17.3 Å². The van der Waals surface area contributed by atoms with Crippen molar-refractivity contribution in [2.75, 3.05) is 25.1 Å². The summed E-state index contributed by atoms with van der Waals surface area (Å²) < 4.78 is 27.1. The lowest BCUT2D eigenvalue weighted by Crippen LogP contribution is -2.34. The topological polar surface area (TPSA) is 90.3 Å². The van der Waals surface area contributed by atoms with Gasteiger partial charge < -0.3 is 24.7 Å². The van der Waals surface area contributed by atoms with Gasteiger partial charge in [-0.3, -0.25) is 14.8 Å². The maximum Gasteiger partial charge on any atom is 0.250 e. The highest BCUT2D eigenvalue weighted by Crippen LogP contribution is 2.30. The number of pyridine rings is 3. The van der Waals surface area contributed by atoms with Gasteiger partial charge in [-0.15, -0.1) is 12.4 Å². The number of hydrogen-bond donors (Lipinski definition) is 2. The molecule has 0 bridgehead atoms. The highest BCUT2D eigenvalue weighted by Gasteiger charge is 2.22. The number of aryl methyl sites for hydroxylation is 1. The van der Waals surface area contributed by atoms with Gasteiger partial charge in [0.2, 0.25) is 0 Å². The van der Waals surface area contributed by atoms with E-state index >= 15 is 0 Å². The van der Waals surface area contributed by atoms with Crippen LogP contribution in [0.5, 0.6) is 11.5 Å². The number of aromatic nitrogens is 3. The first kappa shape index (κ1) is 24.2. The lowest BCUT2D eigenvalue weighted by Gasteiger charge is -2.30. The third-order valence-electron chi connectivity index (χ3n) is 6.56. The average molecular weight is 490 g/mol. The minimum Gasteiger partial charge on any atom is -0.486 e. The molecule has 0 spiro atoms. The van der Waals surface area contributed by atoms with Crippen molar-refractivity contribution in [3.05, 3.63) is 52.5 Å². The van der Waals surface area contributed by atoms with Gasteiger partial charge in [-0.25, -0.2) is 4.39 Å². The largest absolute Gasteiger partial charge is 0.486 e. The van der Waals surface area contributed by atoms with Gasteiger partial charge >= 0.3 is 0 Å². The second-order valence-corrected chi connectivity index (χ2v) is 8.74. The van der Waals surface area contributed by atoms with Crippen LogP contribution >= 0.6 is 12.4 Å². The Hall–Kier alpha value is -2.91. The summed E-state index contributed by atoms with van der Waals surface area (Å²) in [5.74, 6) is 1.47. The van der Waals surface area contributed by atoms with Crippen LogP contribution in [0.1, 0.15) is 31.4 Å². The van der Waals surface area contributed by atoms with Crippen molar-refractivity contribution >= 4 is 29.1 Å². The SMILES string of the molecule is Cl.Cn1c(=O)ccc2ncc(F)c(NCC3CCC(NCc4cc5c(cn4)OCCO5)CC3)c21. The van der Waals surface area contributed by atoms with E-state index < -0.39 is 5.82 Å². The molecule has 0 atom stereocenters. The maximum absolute atomic E-state index is 14.5. The van der Waals surface area contributed by atoms with Crippen LogP contribution in [0.2, 0.25) is 0 Å². The van der Waals surface area contributed by atoms with Crippen molar-refractivity contribution < 1.29 is 13.9 Å². The highest BCUT2D eigenvalue weighted by atomic mass is 35.5. The Morgan fingerprint density at radius 3 is 2.65 bits per heavy atom. The van der Waals surface area contributed by atoms with E-state index in [2.05, 4.69) is 20.6 Å². The molecule has 3 aromatic rings. The van der Waals surface area contributed by atoms with Crippen LogP contribution in [0.3, 0.4) is 0 Å². The Morgan fingerprint density at radius 2 is 1.85 bits per heavy atom. The molecule has 10 heteroatoms. The minimum atomic E-state index is -0.439. The molecule has 8 nitrogen and oxygen atoms in total. The highest BCUT2D eigenvalue weighted by molar-refractivity contribution is 5.88. The normalized spacial score (nSPS) is 19.5. The van der Waals surface area contributed by atoms with E-state index in [-0.39, 0.29) is 18.0 Å². The molecule has 5 rings (SSSR count). The fourth-order valence-corrected chi connectivity index (χ4v) is 4.65. The van der Waals surface area contributed by atoms with Crippen LogP contribution in [0, 0.1) is 11.7 Å². The Balaban J connectivity index is 0.00000274. The molecule has 182 valence electrons. The van der Waals surface area contributed by atoms with Crippen LogP contribution in [0.15, 0.2) is 35.4 Å². The van der Waals surface area contributed by atoms with E-state index in [1.54, 1.807) is 19.3 Å². The van der Waals surface area contributed by atoms with Gasteiger partial charge in [0.05, 0.1) is 34.8 Å². The zero-order chi connectivity index (χ0) is 22.8. The Bertz CT molecular complexity index is 1210. The molecule has 0 aromatic carbocycles. The molecule has 1 aliphatic heterocycles. The first-order valence-electron chi connectivity index (χ1n) is 11.4. The van der Waals surface area contributed by atoms with Crippen LogP contribution in [0.25, 0.3) is 11.0 Å². The quantitative estimate of drug-likeness (QED) is 0.548. The Morgan fingerprint density at radius 1 is 1.09 bits per heavy atom. The smallest absolute Gasteiger partial charge is 0.250 e. The number of anilines is 1. The predicted molar refractivity (Wildman–Crippen MR) is 130 cm³/mol. The third-order valence-corrected chi connectivity index (χ3v) is 6.56. The maximum atomic E-state index is 14.5. The molecule has 1 aliphatic carbocycles. The van der Waals surface area contributed by atoms with Gasteiger partial charge in [-0.2, -0.15) is 0 Å². The molecule has 1 saturated carbocycles. The number of rotatable bonds is 6. The van der Waals surface area contributed by atoms with Crippen molar-refractivity contribution in [1.82, 2.24) is 19.9 Å². The Labute approximate surface area is 203 Å². The lowest BCUT2D eigenvalue weighted by atomic mass is 9.86. The van der Waals surface area contributed by atoms with E-state index in [0.717, 1.165) is 37.1 Å². The molecule has 34 heavy (non-hydrogen) atoms. The van der Waals surface area contributed by atoms with Crippen LogP contribution in [-0.2, 0) is 13.6 Å². The second kappa shape index (κ2) is 10.6. The van der Waals surface area contributed by atoms with Gasteiger partial charge in [0.1, 0.15) is 13.2 Å². The molecule has 0 amide bonds. The summed E-state index contributed by atoms with van der Waals surface area (Å²) in [4.78, 5) is 20.6. The third kappa shape index (κ3) is 5.10. The zero-order valence-electron chi connectivity index (χ0n) is 19.1. The minimum absolute atomic E-state index is 0. The first-order valence-corrected chi connectivity index (χ1v) is 11.4. The monoisotopic (exact) mass is 489 g/mol. The van der Waals surface area contributed by atoms with E-state index in [9.17, 15) is 9.18 Å². The molecule has 0 radical (unpaired) electrons. The summed E-state index contributed by atoms with van der Waals surface area (Å²) in [5.41, 5.74) is 2.21. The first-order chi connectivity index (χ1) is 16.1. The Kier molecular flexibility index (Phi) is 7.53. The van der Waals surface area contributed by atoms with Crippen molar-refractivity contribution in [2.24, 2.45) is 13.0 Å². The molecule has 1 fully saturated rings. The van der Waals surface area contributed by atoms with Gasteiger partial charge in [0, 0.05) is 38.3 Å². The molecule has 4 heterocycles. The number of hydrogen-bond acceptors (Lipinski definition) is 7. The van der Waals surface area contributed by atoms with Crippen molar-refractivity contribution in [2.45, 2.75) is 38.3 Å². The molecular formula is C24H29ClFN5O3. The molecular weight excluding hydrogens is 461 g/mol. The van der Waals surface area contributed by atoms with Crippen LogP contribution < -0.4 is 25.7 Å². The molecule has 0 unspecified atom stereocenters. The van der Waals surface area contributed by atoms with Crippen molar-refractivity contribution in [1.29, 1.82) is 0 Å². The van der Waals surface area contributed by atoms with E-state index in [4.69, 9.17) is 9.47 Å². The summed E-state index contributed by atoms with van der Waals surface area (Å²) in [6.45, 7) is 2.48. The summed E-state index contributed by atoms with van der Waals surface area (Å²) >= 11 is 0. The van der Waals surface area contributed by atoms with Crippen molar-refractivity contribution in [3.8, 4) is 11.5 Å². The van der Waals surface area contributed by atoms with Crippen molar-refractivity contribution in [3.63, 3.8) is 0 Å². The van der Waals surface area contributed by atoms with Gasteiger partial charge in [0.25, 0.3) is 5.56 Å². The van der Waals surface area contributed by atoms with E-state index in [1.165, 1.54) is 16.8 Å². The summed E-state index contributed by atoms with van der Waals surface area (Å²) in [6.07, 6.45) is 7.13. The molecule has 0 saturated heterocycles. The van der Waals surface area contributed by atoms with Crippen LogP contribution in [-0.4, -0.2) is 40.3 Å². The van der Waals surface area contributed by atoms with Crippen LogP contribution in [0.4, 0.5) is 10.1 Å². The number of nitrogens with one attached hydrogen (secondary N) is 2.